The molecule has 4 aromatic carbocycles. The van der Waals surface area contributed by atoms with Crippen molar-refractivity contribution < 1.29 is 14.4 Å². The fourth-order valence-electron chi connectivity index (χ4n) is 5.14. The van der Waals surface area contributed by atoms with Gasteiger partial charge in [0, 0.05) is 30.0 Å². The summed E-state index contributed by atoms with van der Waals surface area (Å²) in [6.45, 7) is 4.08. The van der Waals surface area contributed by atoms with Crippen molar-refractivity contribution >= 4 is 34.2 Å². The predicted molar refractivity (Wildman–Crippen MR) is 154 cm³/mol. The van der Waals surface area contributed by atoms with Crippen molar-refractivity contribution in [3.8, 4) is 0 Å². The highest BCUT2D eigenvalue weighted by molar-refractivity contribution is 6.26. The summed E-state index contributed by atoms with van der Waals surface area (Å²) in [6.07, 6.45) is 1.15. The van der Waals surface area contributed by atoms with Crippen LogP contribution >= 0.6 is 0 Å². The second-order valence-corrected chi connectivity index (χ2v) is 10.1. The normalized spacial score (nSPS) is 13.8. The summed E-state index contributed by atoms with van der Waals surface area (Å²) in [6, 6.07) is 30.0. The Kier molecular flexibility index (Phi) is 7.73. The third-order valence-corrected chi connectivity index (χ3v) is 7.41. The Balaban J connectivity index is 1.50. The van der Waals surface area contributed by atoms with Gasteiger partial charge in [-0.2, -0.15) is 0 Å². The summed E-state index contributed by atoms with van der Waals surface area (Å²) in [5, 5.41) is 4.92. The van der Waals surface area contributed by atoms with Crippen LogP contribution in [0.25, 0.3) is 10.8 Å². The first-order valence-electron chi connectivity index (χ1n) is 13.5. The smallest absolute Gasteiger partial charge is 0.259 e. The van der Waals surface area contributed by atoms with Gasteiger partial charge in [0.2, 0.25) is 11.8 Å². The molecule has 1 aliphatic rings. The van der Waals surface area contributed by atoms with Gasteiger partial charge < -0.3 is 10.2 Å². The molecule has 4 aromatic rings. The van der Waals surface area contributed by atoms with Gasteiger partial charge in [-0.05, 0) is 42.0 Å². The van der Waals surface area contributed by atoms with Crippen LogP contribution in [0, 0.1) is 0 Å². The fourth-order valence-corrected chi connectivity index (χ4v) is 5.14. The number of nitrogens with zero attached hydrogens (tertiary/aromatic N) is 2. The van der Waals surface area contributed by atoms with Gasteiger partial charge in [0.25, 0.3) is 5.91 Å². The molecular weight excluding hydrogens is 486 g/mol. The molecule has 39 heavy (non-hydrogen) atoms. The molecule has 0 unspecified atom stereocenters. The number of amides is 3. The number of carbonyl (C=O) groups is 3. The van der Waals surface area contributed by atoms with Crippen LogP contribution in [0.5, 0.6) is 0 Å². The molecule has 6 heteroatoms. The van der Waals surface area contributed by atoms with E-state index in [0.717, 1.165) is 34.0 Å². The van der Waals surface area contributed by atoms with Crippen LogP contribution in [0.15, 0.2) is 97.1 Å². The molecule has 1 N–H and O–H groups in total. The third kappa shape index (κ3) is 5.55. The van der Waals surface area contributed by atoms with E-state index in [0.29, 0.717) is 12.0 Å². The van der Waals surface area contributed by atoms with Crippen LogP contribution in [-0.2, 0) is 22.6 Å². The minimum absolute atomic E-state index is 0.0308. The lowest BCUT2D eigenvalue weighted by atomic mass is 10.0. The van der Waals surface area contributed by atoms with Gasteiger partial charge in [-0.25, -0.2) is 0 Å². The lowest BCUT2D eigenvalue weighted by molar-refractivity contribution is -0.140. The van der Waals surface area contributed by atoms with E-state index >= 15 is 0 Å². The summed E-state index contributed by atoms with van der Waals surface area (Å²) < 4.78 is 0. The maximum atomic E-state index is 14.2. The Bertz CT molecular complexity index is 1480. The van der Waals surface area contributed by atoms with Crippen molar-refractivity contribution in [1.82, 2.24) is 10.2 Å². The average molecular weight is 520 g/mol. The van der Waals surface area contributed by atoms with E-state index in [4.69, 9.17) is 0 Å². The van der Waals surface area contributed by atoms with Crippen molar-refractivity contribution in [2.24, 2.45) is 0 Å². The molecule has 5 rings (SSSR count). The molecule has 0 aliphatic carbocycles. The second-order valence-electron chi connectivity index (χ2n) is 10.1. The maximum absolute atomic E-state index is 14.2. The number of anilines is 1. The van der Waals surface area contributed by atoms with E-state index in [2.05, 4.69) is 5.32 Å². The van der Waals surface area contributed by atoms with Gasteiger partial charge in [-0.15, -0.1) is 0 Å². The van der Waals surface area contributed by atoms with Gasteiger partial charge in [0.05, 0.1) is 5.69 Å². The third-order valence-electron chi connectivity index (χ3n) is 7.41. The first kappa shape index (κ1) is 26.2. The summed E-state index contributed by atoms with van der Waals surface area (Å²) in [5.41, 5.74) is 3.20. The molecule has 0 bridgehead atoms. The van der Waals surface area contributed by atoms with Crippen LogP contribution < -0.4 is 10.2 Å². The molecule has 0 fully saturated rings. The molecule has 2 atom stereocenters. The number of rotatable bonds is 10. The van der Waals surface area contributed by atoms with Crippen LogP contribution in [-0.4, -0.2) is 41.2 Å². The highest BCUT2D eigenvalue weighted by Crippen LogP contribution is 2.37. The van der Waals surface area contributed by atoms with E-state index in [1.54, 1.807) is 15.9 Å². The van der Waals surface area contributed by atoms with Gasteiger partial charge in [-0.3, -0.25) is 19.3 Å². The van der Waals surface area contributed by atoms with Crippen molar-refractivity contribution in [1.29, 1.82) is 0 Å². The van der Waals surface area contributed by atoms with Gasteiger partial charge >= 0.3 is 0 Å². The lowest BCUT2D eigenvalue weighted by Gasteiger charge is -2.33. The zero-order valence-corrected chi connectivity index (χ0v) is 22.3. The van der Waals surface area contributed by atoms with E-state index in [9.17, 15) is 14.4 Å². The molecule has 0 saturated heterocycles. The van der Waals surface area contributed by atoms with Gasteiger partial charge in [0.15, 0.2) is 0 Å². The number of nitrogens with one attached hydrogen (secondary N) is 1. The van der Waals surface area contributed by atoms with E-state index in [-0.39, 0.29) is 36.9 Å². The fraction of sp³-hybridized carbons (Fsp3) is 0.242. The monoisotopic (exact) mass is 519 g/mol. The van der Waals surface area contributed by atoms with E-state index in [1.807, 2.05) is 105 Å². The van der Waals surface area contributed by atoms with Gasteiger partial charge in [-0.1, -0.05) is 91.9 Å². The van der Waals surface area contributed by atoms with E-state index in [1.165, 1.54) is 0 Å². The zero-order chi connectivity index (χ0) is 27.4. The van der Waals surface area contributed by atoms with Crippen LogP contribution in [0.2, 0.25) is 0 Å². The van der Waals surface area contributed by atoms with Gasteiger partial charge in [0.1, 0.15) is 12.6 Å². The molecule has 0 saturated carbocycles. The molecule has 0 spiro atoms. The van der Waals surface area contributed by atoms with Crippen molar-refractivity contribution in [2.75, 3.05) is 11.4 Å². The van der Waals surface area contributed by atoms with Crippen LogP contribution in [0.1, 0.15) is 41.8 Å². The summed E-state index contributed by atoms with van der Waals surface area (Å²) in [4.78, 5) is 44.5. The Morgan fingerprint density at radius 2 is 1.49 bits per heavy atom. The van der Waals surface area contributed by atoms with Crippen molar-refractivity contribution in [3.05, 3.63) is 114 Å². The standard InChI is InChI=1S/C33H33N3O3/c1-3-23(2)34-32(38)29(20-24-12-6-4-7-13-24)35(21-25-14-8-5-9-15-25)30(37)22-36-28-19-11-17-26-16-10-18-27(31(26)28)33(36)39/h4-19,23,29H,3,20-22H2,1-2H3,(H,34,38)/t23-,29+/m1/s1. The Morgan fingerprint density at radius 3 is 2.15 bits per heavy atom. The molecular formula is C33H33N3O3. The first-order chi connectivity index (χ1) is 19.0. The quantitative estimate of drug-likeness (QED) is 0.307. The van der Waals surface area contributed by atoms with Crippen LogP contribution in [0.3, 0.4) is 0 Å². The minimum Gasteiger partial charge on any atom is -0.352 e. The topological polar surface area (TPSA) is 69.7 Å². The molecule has 1 heterocycles. The summed E-state index contributed by atoms with van der Waals surface area (Å²) in [7, 11) is 0. The molecule has 0 radical (unpaired) electrons. The summed E-state index contributed by atoms with van der Waals surface area (Å²) >= 11 is 0. The molecule has 1 aliphatic heterocycles. The molecule has 0 aromatic heterocycles. The molecule has 6 nitrogen and oxygen atoms in total. The number of carbonyl (C=O) groups excluding carboxylic acids is 3. The number of hydrogen-bond acceptors (Lipinski definition) is 3. The Hall–Kier alpha value is -4.45. The minimum atomic E-state index is -0.745. The van der Waals surface area contributed by atoms with E-state index < -0.39 is 6.04 Å². The number of hydrogen-bond donors (Lipinski definition) is 1. The highest BCUT2D eigenvalue weighted by atomic mass is 16.2. The Labute approximate surface area is 229 Å². The SMILES string of the molecule is CC[C@@H](C)NC(=O)[C@H](Cc1ccccc1)N(Cc1ccccc1)C(=O)CN1C(=O)c2cccc3cccc1c23. The second kappa shape index (κ2) is 11.5. The largest absolute Gasteiger partial charge is 0.352 e. The van der Waals surface area contributed by atoms with Crippen molar-refractivity contribution in [2.45, 2.75) is 45.3 Å². The molecule has 3 amide bonds. The Morgan fingerprint density at radius 1 is 0.846 bits per heavy atom. The molecule has 198 valence electrons. The maximum Gasteiger partial charge on any atom is 0.259 e. The summed E-state index contributed by atoms with van der Waals surface area (Å²) in [5.74, 6) is -0.675. The zero-order valence-electron chi connectivity index (χ0n) is 22.3. The average Bonchev–Trinajstić information content (AvgIpc) is 3.23. The van der Waals surface area contributed by atoms with Crippen molar-refractivity contribution in [3.63, 3.8) is 0 Å². The lowest BCUT2D eigenvalue weighted by Crippen LogP contribution is -2.54. The van der Waals surface area contributed by atoms with Crippen LogP contribution in [0.4, 0.5) is 5.69 Å². The predicted octanol–water partition coefficient (Wildman–Crippen LogP) is 5.35. The highest BCUT2D eigenvalue weighted by Gasteiger charge is 2.36. The number of benzene rings is 4. The first-order valence-corrected chi connectivity index (χ1v) is 13.5.